The summed E-state index contributed by atoms with van der Waals surface area (Å²) in [5.41, 5.74) is 0. The van der Waals surface area contributed by atoms with Crippen LogP contribution in [-0.4, -0.2) is 39.0 Å². The summed E-state index contributed by atoms with van der Waals surface area (Å²) in [4.78, 5) is 30.8. The van der Waals surface area contributed by atoms with Crippen molar-refractivity contribution in [2.75, 3.05) is 0 Å². The predicted octanol–water partition coefficient (Wildman–Crippen LogP) is 2.56. The quantitative estimate of drug-likeness (QED) is 0.931. The summed E-state index contributed by atoms with van der Waals surface area (Å²) >= 11 is 1.39. The number of carboxylic acids is 1. The summed E-state index contributed by atoms with van der Waals surface area (Å²) in [5.74, 6) is -0.672. The molecule has 1 saturated carbocycles. The lowest BCUT2D eigenvalue weighted by atomic mass is 9.85. The number of hydrogen-bond acceptors (Lipinski definition) is 4. The second-order valence-corrected chi connectivity index (χ2v) is 7.00. The molecule has 0 spiro atoms. The number of hydrogen-bond donors (Lipinski definition) is 1. The number of nitrogens with zero attached hydrogens (tertiary/aromatic N) is 2. The molecule has 1 N–H and O–H groups in total. The molecule has 0 unspecified atom stereocenters. The van der Waals surface area contributed by atoms with Crippen molar-refractivity contribution in [2.24, 2.45) is 5.92 Å². The van der Waals surface area contributed by atoms with Gasteiger partial charge in [0.2, 0.25) is 0 Å². The molecule has 1 amide bonds. The average molecular weight is 308 g/mol. The van der Waals surface area contributed by atoms with Gasteiger partial charge in [0, 0.05) is 6.04 Å². The fourth-order valence-corrected chi connectivity index (χ4v) is 4.47. The summed E-state index contributed by atoms with van der Waals surface area (Å²) in [6.45, 7) is 2.00. The lowest BCUT2D eigenvalue weighted by Gasteiger charge is -2.32. The van der Waals surface area contributed by atoms with Gasteiger partial charge in [0.15, 0.2) is 0 Å². The highest BCUT2D eigenvalue weighted by atomic mass is 32.1. The lowest BCUT2D eigenvalue weighted by Crippen LogP contribution is -2.46. The molecule has 114 valence electrons. The minimum absolute atomic E-state index is 0.0968. The number of likely N-dealkylation sites (tertiary alicyclic amines) is 1. The van der Waals surface area contributed by atoms with Gasteiger partial charge in [0.05, 0.1) is 11.2 Å². The average Bonchev–Trinajstić information content (AvgIpc) is 3.11. The minimum atomic E-state index is -0.877. The number of aryl methyl sites for hydroxylation is 1. The first kappa shape index (κ1) is 14.5. The standard InChI is InChI=1S/C15H20N2O3S/c1-2-13-16-8-12(21-13)14(18)17-10-6-4-3-5-9(10)7-11(17)15(19)20/h8-11H,2-7H2,1H3,(H,19,20)/t9-,10-,11+/m1/s1. The minimum Gasteiger partial charge on any atom is -0.480 e. The Labute approximate surface area is 128 Å². The van der Waals surface area contributed by atoms with Gasteiger partial charge in [0.1, 0.15) is 10.9 Å². The van der Waals surface area contributed by atoms with Gasteiger partial charge in [-0.3, -0.25) is 4.79 Å². The van der Waals surface area contributed by atoms with Crippen LogP contribution in [0, 0.1) is 5.92 Å². The second kappa shape index (κ2) is 5.75. The molecule has 5 nitrogen and oxygen atoms in total. The number of thiazole rings is 1. The van der Waals surface area contributed by atoms with E-state index in [1.54, 1.807) is 11.1 Å². The Kier molecular flexibility index (Phi) is 3.97. The molecular formula is C15H20N2O3S. The Bertz CT molecular complexity index is 557. The van der Waals surface area contributed by atoms with Crippen LogP contribution >= 0.6 is 11.3 Å². The highest BCUT2D eigenvalue weighted by molar-refractivity contribution is 7.13. The number of amides is 1. The van der Waals surface area contributed by atoms with Crippen molar-refractivity contribution in [1.82, 2.24) is 9.88 Å². The third-order valence-corrected chi connectivity index (χ3v) is 5.80. The fraction of sp³-hybridized carbons (Fsp3) is 0.667. The number of fused-ring (bicyclic) bond motifs is 1. The largest absolute Gasteiger partial charge is 0.480 e. The van der Waals surface area contributed by atoms with Gasteiger partial charge in [-0.1, -0.05) is 19.8 Å². The van der Waals surface area contributed by atoms with Crippen molar-refractivity contribution >= 4 is 23.2 Å². The smallest absolute Gasteiger partial charge is 0.326 e. The molecule has 1 aromatic rings. The zero-order valence-corrected chi connectivity index (χ0v) is 12.9. The van der Waals surface area contributed by atoms with E-state index in [1.165, 1.54) is 11.3 Å². The van der Waals surface area contributed by atoms with Crippen molar-refractivity contribution < 1.29 is 14.7 Å². The maximum absolute atomic E-state index is 12.8. The molecule has 2 heterocycles. The van der Waals surface area contributed by atoms with E-state index in [-0.39, 0.29) is 11.9 Å². The van der Waals surface area contributed by atoms with E-state index in [4.69, 9.17) is 0 Å². The van der Waals surface area contributed by atoms with Crippen LogP contribution in [0.5, 0.6) is 0 Å². The van der Waals surface area contributed by atoms with Gasteiger partial charge >= 0.3 is 5.97 Å². The highest BCUT2D eigenvalue weighted by Gasteiger charge is 2.47. The molecular weight excluding hydrogens is 288 g/mol. The number of carbonyl (C=O) groups excluding carboxylic acids is 1. The molecule has 1 aromatic heterocycles. The number of carbonyl (C=O) groups is 2. The Hall–Kier alpha value is -1.43. The second-order valence-electron chi connectivity index (χ2n) is 5.89. The molecule has 0 aromatic carbocycles. The van der Waals surface area contributed by atoms with Gasteiger partial charge in [-0.25, -0.2) is 9.78 Å². The Morgan fingerprint density at radius 3 is 2.86 bits per heavy atom. The lowest BCUT2D eigenvalue weighted by molar-refractivity contribution is -0.141. The van der Waals surface area contributed by atoms with Crippen LogP contribution in [0.3, 0.4) is 0 Å². The van der Waals surface area contributed by atoms with Gasteiger partial charge in [-0.15, -0.1) is 11.3 Å². The molecule has 2 fully saturated rings. The predicted molar refractivity (Wildman–Crippen MR) is 79.4 cm³/mol. The number of aliphatic carboxylic acids is 1. The SMILES string of the molecule is CCc1ncc(C(=O)N2[C@@H]3CCCC[C@@H]3C[C@H]2C(=O)O)s1. The fourth-order valence-electron chi connectivity index (χ4n) is 3.67. The van der Waals surface area contributed by atoms with Crippen LogP contribution in [0.2, 0.25) is 0 Å². The van der Waals surface area contributed by atoms with Crippen LogP contribution in [0.15, 0.2) is 6.20 Å². The molecule has 1 saturated heterocycles. The highest BCUT2D eigenvalue weighted by Crippen LogP contribution is 2.40. The first-order valence-corrected chi connectivity index (χ1v) is 8.43. The Morgan fingerprint density at radius 1 is 1.43 bits per heavy atom. The third-order valence-electron chi connectivity index (χ3n) is 4.67. The monoisotopic (exact) mass is 308 g/mol. The van der Waals surface area contributed by atoms with E-state index < -0.39 is 12.0 Å². The molecule has 3 atom stereocenters. The molecule has 0 bridgehead atoms. The Morgan fingerprint density at radius 2 is 2.19 bits per heavy atom. The molecule has 1 aliphatic carbocycles. The van der Waals surface area contributed by atoms with Crippen molar-refractivity contribution in [3.63, 3.8) is 0 Å². The van der Waals surface area contributed by atoms with E-state index in [1.807, 2.05) is 6.92 Å². The van der Waals surface area contributed by atoms with E-state index in [2.05, 4.69) is 4.98 Å². The van der Waals surface area contributed by atoms with Crippen LogP contribution < -0.4 is 0 Å². The van der Waals surface area contributed by atoms with Crippen LogP contribution in [0.1, 0.15) is 53.7 Å². The summed E-state index contributed by atoms with van der Waals surface area (Å²) in [7, 11) is 0. The molecule has 6 heteroatoms. The summed E-state index contributed by atoms with van der Waals surface area (Å²) in [6, 6.07) is -0.572. The third kappa shape index (κ3) is 2.57. The molecule has 0 radical (unpaired) electrons. The summed E-state index contributed by atoms with van der Waals surface area (Å²) < 4.78 is 0. The van der Waals surface area contributed by atoms with Gasteiger partial charge in [-0.05, 0) is 31.6 Å². The summed E-state index contributed by atoms with van der Waals surface area (Å²) in [5, 5.41) is 10.4. The van der Waals surface area contributed by atoms with E-state index in [0.29, 0.717) is 17.2 Å². The molecule has 3 rings (SSSR count). The van der Waals surface area contributed by atoms with Crippen molar-refractivity contribution in [2.45, 2.75) is 57.5 Å². The number of rotatable bonds is 3. The van der Waals surface area contributed by atoms with Crippen molar-refractivity contribution in [3.8, 4) is 0 Å². The van der Waals surface area contributed by atoms with Crippen molar-refractivity contribution in [1.29, 1.82) is 0 Å². The molecule has 2 aliphatic rings. The van der Waals surface area contributed by atoms with Crippen LogP contribution in [0.4, 0.5) is 0 Å². The molecule has 21 heavy (non-hydrogen) atoms. The van der Waals surface area contributed by atoms with Crippen LogP contribution in [-0.2, 0) is 11.2 Å². The first-order valence-electron chi connectivity index (χ1n) is 7.62. The van der Waals surface area contributed by atoms with E-state index >= 15 is 0 Å². The normalized spacial score (nSPS) is 28.4. The summed E-state index contributed by atoms with van der Waals surface area (Å²) in [6.07, 6.45) is 7.20. The van der Waals surface area contributed by atoms with E-state index in [9.17, 15) is 14.7 Å². The van der Waals surface area contributed by atoms with E-state index in [0.717, 1.165) is 37.1 Å². The maximum Gasteiger partial charge on any atom is 0.326 e. The van der Waals surface area contributed by atoms with Gasteiger partial charge < -0.3 is 10.0 Å². The zero-order valence-electron chi connectivity index (χ0n) is 12.1. The van der Waals surface area contributed by atoms with Gasteiger partial charge in [0.25, 0.3) is 5.91 Å². The zero-order chi connectivity index (χ0) is 15.0. The molecule has 1 aliphatic heterocycles. The Balaban J connectivity index is 1.88. The first-order chi connectivity index (χ1) is 10.1. The van der Waals surface area contributed by atoms with Gasteiger partial charge in [-0.2, -0.15) is 0 Å². The number of aromatic nitrogens is 1. The maximum atomic E-state index is 12.8. The van der Waals surface area contributed by atoms with Crippen molar-refractivity contribution in [3.05, 3.63) is 16.1 Å². The topological polar surface area (TPSA) is 70.5 Å². The number of carboxylic acid groups (broad SMARTS) is 1. The van der Waals surface area contributed by atoms with Crippen LogP contribution in [0.25, 0.3) is 0 Å².